The number of esters is 1. The molecule has 0 bridgehead atoms. The number of carbonyl (C=O) groups is 1. The molecule has 0 unspecified atom stereocenters. The molecule has 1 aromatic rings. The van der Waals surface area contributed by atoms with Gasteiger partial charge in [0.25, 0.3) is 0 Å². The average molecular weight is 265 g/mol. The van der Waals surface area contributed by atoms with Gasteiger partial charge >= 0.3 is 5.97 Å². The fourth-order valence-electron chi connectivity index (χ4n) is 1.51. The summed E-state index contributed by atoms with van der Waals surface area (Å²) in [6.45, 7) is 8.34. The Labute approximate surface area is 114 Å². The van der Waals surface area contributed by atoms with Gasteiger partial charge < -0.3 is 15.2 Å². The molecule has 4 heteroatoms. The number of aliphatic hydroxyl groups excluding tert-OH is 1. The zero-order chi connectivity index (χ0) is 14.5. The zero-order valence-electron chi connectivity index (χ0n) is 12.1. The number of ether oxygens (including phenoxy) is 1. The maximum Gasteiger partial charge on any atom is 0.338 e. The number of nitrogens with one attached hydrogen (secondary N) is 1. The highest BCUT2D eigenvalue weighted by Crippen LogP contribution is 2.06. The molecular formula is C15H23NO3. The van der Waals surface area contributed by atoms with Gasteiger partial charge in [-0.3, -0.25) is 0 Å². The number of carbonyl (C=O) groups excluding carboxylic acids is 1. The van der Waals surface area contributed by atoms with Gasteiger partial charge in [-0.1, -0.05) is 17.7 Å². The Morgan fingerprint density at radius 2 is 2.11 bits per heavy atom. The van der Waals surface area contributed by atoms with Crippen LogP contribution in [0.25, 0.3) is 0 Å². The highest BCUT2D eigenvalue weighted by molar-refractivity contribution is 5.89. The van der Waals surface area contributed by atoms with Crippen LogP contribution in [0.1, 0.15) is 36.7 Å². The molecule has 106 valence electrons. The van der Waals surface area contributed by atoms with Gasteiger partial charge in [-0.15, -0.1) is 0 Å². The van der Waals surface area contributed by atoms with Crippen molar-refractivity contribution in [2.75, 3.05) is 13.2 Å². The second kappa shape index (κ2) is 6.68. The van der Waals surface area contributed by atoms with E-state index in [0.29, 0.717) is 12.1 Å². The van der Waals surface area contributed by atoms with Crippen LogP contribution in [0.5, 0.6) is 0 Å². The van der Waals surface area contributed by atoms with E-state index in [1.807, 2.05) is 39.8 Å². The van der Waals surface area contributed by atoms with Crippen LogP contribution in [0, 0.1) is 6.92 Å². The molecule has 0 radical (unpaired) electrons. The van der Waals surface area contributed by atoms with Gasteiger partial charge in [-0.05, 0) is 39.8 Å². The Morgan fingerprint density at radius 3 is 2.68 bits per heavy atom. The lowest BCUT2D eigenvalue weighted by atomic mass is 10.1. The van der Waals surface area contributed by atoms with Crippen LogP contribution in [0.3, 0.4) is 0 Å². The van der Waals surface area contributed by atoms with Crippen LogP contribution < -0.4 is 5.32 Å². The molecule has 0 saturated carbocycles. The first-order valence-corrected chi connectivity index (χ1v) is 6.45. The average Bonchev–Trinajstić information content (AvgIpc) is 2.32. The van der Waals surface area contributed by atoms with Gasteiger partial charge in [0.05, 0.1) is 5.56 Å². The third-order valence-corrected chi connectivity index (χ3v) is 2.53. The van der Waals surface area contributed by atoms with Gasteiger partial charge in [0.1, 0.15) is 12.7 Å². The zero-order valence-corrected chi connectivity index (χ0v) is 12.1. The quantitative estimate of drug-likeness (QED) is 0.798. The molecule has 1 aromatic carbocycles. The molecule has 0 spiro atoms. The van der Waals surface area contributed by atoms with Crippen molar-refractivity contribution < 1.29 is 14.6 Å². The minimum Gasteiger partial charge on any atom is -0.459 e. The number of aliphatic hydroxyl groups is 1. The molecule has 4 nitrogen and oxygen atoms in total. The maximum atomic E-state index is 11.7. The van der Waals surface area contributed by atoms with Crippen molar-refractivity contribution >= 4 is 5.97 Å². The van der Waals surface area contributed by atoms with Gasteiger partial charge in [-0.25, -0.2) is 4.79 Å². The first kappa shape index (κ1) is 15.7. The monoisotopic (exact) mass is 265 g/mol. The van der Waals surface area contributed by atoms with Gasteiger partial charge in [0.2, 0.25) is 0 Å². The summed E-state index contributed by atoms with van der Waals surface area (Å²) in [5.41, 5.74) is 1.45. The number of rotatable bonds is 5. The number of β-amino-alcohol motifs (C(OH)–C–C–N with tert-alkyl or cyclic N) is 1. The number of aryl methyl sites for hydroxylation is 1. The first-order chi connectivity index (χ1) is 8.78. The fourth-order valence-corrected chi connectivity index (χ4v) is 1.51. The lowest BCUT2D eigenvalue weighted by molar-refractivity contribution is 0.0247. The van der Waals surface area contributed by atoms with E-state index in [1.54, 1.807) is 12.1 Å². The van der Waals surface area contributed by atoms with Gasteiger partial charge in [0.15, 0.2) is 0 Å². The SMILES string of the molecule is Cc1cccc(C(=O)OC[C@H](O)CNC(C)(C)C)c1. The standard InChI is InChI=1S/C15H23NO3/c1-11-6-5-7-12(8-11)14(18)19-10-13(17)9-16-15(2,3)4/h5-8,13,16-17H,9-10H2,1-4H3/t13-/m1/s1. The van der Waals surface area contributed by atoms with Crippen molar-refractivity contribution in [3.05, 3.63) is 35.4 Å². The summed E-state index contributed by atoms with van der Waals surface area (Å²) >= 11 is 0. The van der Waals surface area contributed by atoms with E-state index in [-0.39, 0.29) is 12.1 Å². The van der Waals surface area contributed by atoms with Crippen molar-refractivity contribution in [2.24, 2.45) is 0 Å². The second-order valence-corrected chi connectivity index (χ2v) is 5.75. The molecule has 0 heterocycles. The van der Waals surface area contributed by atoms with Crippen molar-refractivity contribution in [3.63, 3.8) is 0 Å². The number of hydrogen-bond donors (Lipinski definition) is 2. The Kier molecular flexibility index (Phi) is 5.51. The van der Waals surface area contributed by atoms with Crippen molar-refractivity contribution in [2.45, 2.75) is 39.3 Å². The van der Waals surface area contributed by atoms with Crippen LogP contribution >= 0.6 is 0 Å². The summed E-state index contributed by atoms with van der Waals surface area (Å²) in [6, 6.07) is 7.19. The van der Waals surface area contributed by atoms with Crippen LogP contribution in [-0.4, -0.2) is 35.9 Å². The summed E-state index contributed by atoms with van der Waals surface area (Å²) in [5, 5.41) is 12.9. The Bertz CT molecular complexity index is 424. The molecule has 0 fully saturated rings. The van der Waals surface area contributed by atoms with E-state index in [2.05, 4.69) is 5.32 Å². The summed E-state index contributed by atoms with van der Waals surface area (Å²) in [4.78, 5) is 11.7. The highest BCUT2D eigenvalue weighted by atomic mass is 16.5. The summed E-state index contributed by atoms with van der Waals surface area (Å²) in [6.07, 6.45) is -0.701. The lowest BCUT2D eigenvalue weighted by Gasteiger charge is -2.22. The molecule has 0 saturated heterocycles. The number of hydrogen-bond acceptors (Lipinski definition) is 4. The number of benzene rings is 1. The van der Waals surface area contributed by atoms with Crippen LogP contribution in [0.2, 0.25) is 0 Å². The molecule has 0 aliphatic carbocycles. The molecule has 1 rings (SSSR count). The van der Waals surface area contributed by atoms with E-state index >= 15 is 0 Å². The normalized spacial score (nSPS) is 13.1. The maximum absolute atomic E-state index is 11.7. The van der Waals surface area contributed by atoms with E-state index < -0.39 is 12.1 Å². The molecule has 2 N–H and O–H groups in total. The van der Waals surface area contributed by atoms with E-state index in [1.165, 1.54) is 0 Å². The van der Waals surface area contributed by atoms with Crippen LogP contribution in [0.4, 0.5) is 0 Å². The summed E-state index contributed by atoms with van der Waals surface area (Å²) in [7, 11) is 0. The summed E-state index contributed by atoms with van der Waals surface area (Å²) < 4.78 is 5.08. The Hall–Kier alpha value is -1.39. The molecule has 1 atom stereocenters. The molecule has 0 aliphatic rings. The highest BCUT2D eigenvalue weighted by Gasteiger charge is 2.14. The van der Waals surface area contributed by atoms with Gasteiger partial charge in [0, 0.05) is 12.1 Å². The van der Waals surface area contributed by atoms with Crippen molar-refractivity contribution in [1.29, 1.82) is 0 Å². The second-order valence-electron chi connectivity index (χ2n) is 5.75. The molecule has 0 aliphatic heterocycles. The van der Waals surface area contributed by atoms with Crippen molar-refractivity contribution in [1.82, 2.24) is 5.32 Å². The van der Waals surface area contributed by atoms with Crippen LogP contribution in [0.15, 0.2) is 24.3 Å². The predicted molar refractivity (Wildman–Crippen MR) is 75.2 cm³/mol. The third-order valence-electron chi connectivity index (χ3n) is 2.53. The largest absolute Gasteiger partial charge is 0.459 e. The molecule has 0 amide bonds. The Balaban J connectivity index is 2.38. The Morgan fingerprint density at radius 1 is 1.42 bits per heavy atom. The smallest absolute Gasteiger partial charge is 0.338 e. The molecule has 0 aromatic heterocycles. The van der Waals surface area contributed by atoms with Gasteiger partial charge in [-0.2, -0.15) is 0 Å². The van der Waals surface area contributed by atoms with Crippen LogP contribution in [-0.2, 0) is 4.74 Å². The minimum atomic E-state index is -0.701. The topological polar surface area (TPSA) is 58.6 Å². The van der Waals surface area contributed by atoms with E-state index in [4.69, 9.17) is 4.74 Å². The van der Waals surface area contributed by atoms with Crippen molar-refractivity contribution in [3.8, 4) is 0 Å². The minimum absolute atomic E-state index is 0.00411. The predicted octanol–water partition coefficient (Wildman–Crippen LogP) is 1.90. The molecule has 19 heavy (non-hydrogen) atoms. The van der Waals surface area contributed by atoms with E-state index in [0.717, 1.165) is 5.56 Å². The fraction of sp³-hybridized carbons (Fsp3) is 0.533. The third kappa shape index (κ3) is 6.36. The molecular weight excluding hydrogens is 242 g/mol. The summed E-state index contributed by atoms with van der Waals surface area (Å²) in [5.74, 6) is -0.404. The lowest BCUT2D eigenvalue weighted by Crippen LogP contribution is -2.42. The van der Waals surface area contributed by atoms with E-state index in [9.17, 15) is 9.90 Å². The first-order valence-electron chi connectivity index (χ1n) is 6.45.